The van der Waals surface area contributed by atoms with Crippen LogP contribution in [0.5, 0.6) is 0 Å². The van der Waals surface area contributed by atoms with E-state index in [4.69, 9.17) is 0 Å². The van der Waals surface area contributed by atoms with Crippen LogP contribution in [0.15, 0.2) is 0 Å². The topological polar surface area (TPSA) is 15.3 Å². The Kier molecular flexibility index (Phi) is 8.04. The highest BCUT2D eigenvalue weighted by Crippen LogP contribution is 2.43. The smallest absolute Gasteiger partial charge is 0.00744 e. The summed E-state index contributed by atoms with van der Waals surface area (Å²) in [5.74, 6) is 0. The number of hydrogen-bond donors (Lipinski definition) is 1. The molecule has 98 valence electrons. The molecule has 0 spiro atoms. The Balaban J connectivity index is 0.00000106. The molecule has 2 nitrogen and oxygen atoms in total. The SMILES string of the molecule is CC.CCN(CC)CCC1(C)CC(NC)C1. The summed E-state index contributed by atoms with van der Waals surface area (Å²) >= 11 is 0. The first-order valence-electron chi connectivity index (χ1n) is 7.03. The van der Waals surface area contributed by atoms with E-state index < -0.39 is 0 Å². The molecule has 0 radical (unpaired) electrons. The molecule has 1 rings (SSSR count). The third kappa shape index (κ3) is 4.84. The van der Waals surface area contributed by atoms with Gasteiger partial charge in [-0.1, -0.05) is 34.6 Å². The molecule has 0 heterocycles. The highest BCUT2D eigenvalue weighted by molar-refractivity contribution is 4.94. The van der Waals surface area contributed by atoms with Crippen LogP contribution in [-0.4, -0.2) is 37.6 Å². The number of hydrogen-bond acceptors (Lipinski definition) is 2. The molecule has 0 aromatic heterocycles. The van der Waals surface area contributed by atoms with E-state index in [9.17, 15) is 0 Å². The minimum Gasteiger partial charge on any atom is -0.317 e. The van der Waals surface area contributed by atoms with Crippen molar-refractivity contribution in [1.29, 1.82) is 0 Å². The summed E-state index contributed by atoms with van der Waals surface area (Å²) < 4.78 is 0. The van der Waals surface area contributed by atoms with Gasteiger partial charge in [0, 0.05) is 6.04 Å². The minimum atomic E-state index is 0.621. The van der Waals surface area contributed by atoms with Crippen molar-refractivity contribution in [2.24, 2.45) is 5.41 Å². The molecule has 0 amide bonds. The van der Waals surface area contributed by atoms with E-state index in [0.29, 0.717) is 5.41 Å². The molecule has 16 heavy (non-hydrogen) atoms. The van der Waals surface area contributed by atoms with Crippen molar-refractivity contribution in [2.75, 3.05) is 26.7 Å². The van der Waals surface area contributed by atoms with Crippen molar-refractivity contribution in [3.63, 3.8) is 0 Å². The van der Waals surface area contributed by atoms with E-state index in [1.165, 1.54) is 38.9 Å². The molecule has 1 saturated carbocycles. The van der Waals surface area contributed by atoms with Crippen LogP contribution in [0.2, 0.25) is 0 Å². The van der Waals surface area contributed by atoms with Crippen LogP contribution in [0.4, 0.5) is 0 Å². The quantitative estimate of drug-likeness (QED) is 0.751. The lowest BCUT2D eigenvalue weighted by Crippen LogP contribution is -2.47. The zero-order valence-corrected chi connectivity index (χ0v) is 12.3. The van der Waals surface area contributed by atoms with Gasteiger partial charge in [-0.3, -0.25) is 0 Å². The number of nitrogens with one attached hydrogen (secondary N) is 1. The average Bonchev–Trinajstić information content (AvgIpc) is 2.29. The fourth-order valence-corrected chi connectivity index (χ4v) is 2.51. The Morgan fingerprint density at radius 2 is 1.69 bits per heavy atom. The predicted molar refractivity (Wildman–Crippen MR) is 73.9 cm³/mol. The van der Waals surface area contributed by atoms with Gasteiger partial charge in [-0.2, -0.15) is 0 Å². The van der Waals surface area contributed by atoms with E-state index in [1.54, 1.807) is 0 Å². The second-order valence-corrected chi connectivity index (χ2v) is 4.98. The standard InChI is InChI=1S/C12H26N2.C2H6/c1-5-14(6-2)8-7-12(3)9-11(10-12)13-4;1-2/h11,13H,5-10H2,1-4H3;1-2H3. The van der Waals surface area contributed by atoms with Gasteiger partial charge in [-0.15, -0.1) is 0 Å². The summed E-state index contributed by atoms with van der Waals surface area (Å²) in [6, 6.07) is 0.789. The highest BCUT2D eigenvalue weighted by Gasteiger charge is 2.38. The van der Waals surface area contributed by atoms with Crippen LogP contribution in [0.1, 0.15) is 53.9 Å². The van der Waals surface area contributed by atoms with Crippen molar-refractivity contribution < 1.29 is 0 Å². The summed E-state index contributed by atoms with van der Waals surface area (Å²) in [6.45, 7) is 14.6. The molecule has 0 saturated heterocycles. The van der Waals surface area contributed by atoms with Crippen LogP contribution in [0.25, 0.3) is 0 Å². The lowest BCUT2D eigenvalue weighted by atomic mass is 9.65. The van der Waals surface area contributed by atoms with Gasteiger partial charge in [0.05, 0.1) is 0 Å². The fourth-order valence-electron chi connectivity index (χ4n) is 2.51. The zero-order valence-electron chi connectivity index (χ0n) is 12.3. The summed E-state index contributed by atoms with van der Waals surface area (Å²) in [4.78, 5) is 2.53. The first kappa shape index (κ1) is 15.9. The Labute approximate surface area is 103 Å². The molecule has 0 aromatic rings. The second-order valence-electron chi connectivity index (χ2n) is 4.98. The Morgan fingerprint density at radius 1 is 1.19 bits per heavy atom. The van der Waals surface area contributed by atoms with E-state index >= 15 is 0 Å². The van der Waals surface area contributed by atoms with Gasteiger partial charge < -0.3 is 10.2 Å². The minimum absolute atomic E-state index is 0.621. The molecule has 1 aliphatic rings. The van der Waals surface area contributed by atoms with Gasteiger partial charge in [-0.25, -0.2) is 0 Å². The lowest BCUT2D eigenvalue weighted by Gasteiger charge is -2.46. The molecule has 1 fully saturated rings. The van der Waals surface area contributed by atoms with Gasteiger partial charge in [-0.05, 0) is 51.4 Å². The van der Waals surface area contributed by atoms with Crippen LogP contribution in [0.3, 0.4) is 0 Å². The summed E-state index contributed by atoms with van der Waals surface area (Å²) in [6.07, 6.45) is 4.10. The van der Waals surface area contributed by atoms with Gasteiger partial charge in [0.15, 0.2) is 0 Å². The Bertz CT molecular complexity index is 158. The Morgan fingerprint density at radius 3 is 2.06 bits per heavy atom. The first-order valence-corrected chi connectivity index (χ1v) is 7.03. The van der Waals surface area contributed by atoms with Crippen molar-refractivity contribution in [2.45, 2.75) is 59.9 Å². The summed E-state index contributed by atoms with van der Waals surface area (Å²) in [5.41, 5.74) is 0.621. The van der Waals surface area contributed by atoms with Crippen LogP contribution in [-0.2, 0) is 0 Å². The van der Waals surface area contributed by atoms with Crippen LogP contribution < -0.4 is 5.32 Å². The first-order chi connectivity index (χ1) is 7.63. The largest absolute Gasteiger partial charge is 0.317 e. The molecule has 0 aromatic carbocycles. The van der Waals surface area contributed by atoms with Crippen molar-refractivity contribution in [1.82, 2.24) is 10.2 Å². The Hall–Kier alpha value is -0.0800. The number of nitrogens with zero attached hydrogens (tertiary/aromatic N) is 1. The van der Waals surface area contributed by atoms with Gasteiger partial charge in [0.2, 0.25) is 0 Å². The predicted octanol–water partition coefficient (Wildman–Crippen LogP) is 3.13. The monoisotopic (exact) mass is 228 g/mol. The maximum atomic E-state index is 3.36. The zero-order chi connectivity index (χ0) is 12.6. The third-order valence-electron chi connectivity index (χ3n) is 3.81. The molecule has 1 aliphatic carbocycles. The molecular weight excluding hydrogens is 196 g/mol. The molecule has 2 heteroatoms. The van der Waals surface area contributed by atoms with E-state index in [1.807, 2.05) is 13.8 Å². The normalized spacial score (nSPS) is 28.3. The highest BCUT2D eigenvalue weighted by atomic mass is 15.1. The maximum absolute atomic E-state index is 3.36. The average molecular weight is 228 g/mol. The fraction of sp³-hybridized carbons (Fsp3) is 1.00. The molecule has 1 N–H and O–H groups in total. The molecule has 0 bridgehead atoms. The molecular formula is C14H32N2. The molecule has 0 unspecified atom stereocenters. The number of rotatable bonds is 6. The van der Waals surface area contributed by atoms with Gasteiger partial charge >= 0.3 is 0 Å². The van der Waals surface area contributed by atoms with Gasteiger partial charge in [0.25, 0.3) is 0 Å². The van der Waals surface area contributed by atoms with E-state index in [-0.39, 0.29) is 0 Å². The van der Waals surface area contributed by atoms with Crippen LogP contribution in [0, 0.1) is 5.41 Å². The maximum Gasteiger partial charge on any atom is 0.00744 e. The summed E-state index contributed by atoms with van der Waals surface area (Å²) in [7, 11) is 2.08. The third-order valence-corrected chi connectivity index (χ3v) is 3.81. The van der Waals surface area contributed by atoms with Crippen molar-refractivity contribution in [3.8, 4) is 0 Å². The second kappa shape index (κ2) is 8.08. The van der Waals surface area contributed by atoms with E-state index in [0.717, 1.165) is 6.04 Å². The molecule has 0 atom stereocenters. The molecule has 0 aliphatic heterocycles. The lowest BCUT2D eigenvalue weighted by molar-refractivity contribution is 0.0821. The van der Waals surface area contributed by atoms with Gasteiger partial charge in [0.1, 0.15) is 0 Å². The van der Waals surface area contributed by atoms with Crippen LogP contribution >= 0.6 is 0 Å². The van der Waals surface area contributed by atoms with Crippen molar-refractivity contribution >= 4 is 0 Å². The summed E-state index contributed by atoms with van der Waals surface area (Å²) in [5, 5.41) is 3.36. The van der Waals surface area contributed by atoms with E-state index in [2.05, 4.69) is 38.0 Å². The van der Waals surface area contributed by atoms with Crippen molar-refractivity contribution in [3.05, 3.63) is 0 Å².